The lowest BCUT2D eigenvalue weighted by atomic mass is 10.1. The van der Waals surface area contributed by atoms with Crippen molar-refractivity contribution < 1.29 is 17.9 Å². The van der Waals surface area contributed by atoms with E-state index < -0.39 is 10.0 Å². The summed E-state index contributed by atoms with van der Waals surface area (Å²) in [6.45, 7) is 4.59. The highest BCUT2D eigenvalue weighted by molar-refractivity contribution is 7.89. The Hall–Kier alpha value is -2.42. The zero-order valence-electron chi connectivity index (χ0n) is 20.7. The summed E-state index contributed by atoms with van der Waals surface area (Å²) in [5.41, 5.74) is 2.48. The van der Waals surface area contributed by atoms with Crippen LogP contribution in [0, 0.1) is 0 Å². The second-order valence-corrected chi connectivity index (χ2v) is 11.5. The maximum Gasteiger partial charge on any atom is 0.255 e. The minimum Gasteiger partial charge on any atom is -0.496 e. The first-order valence-electron chi connectivity index (χ1n) is 12.7. The summed E-state index contributed by atoms with van der Waals surface area (Å²) in [6.07, 6.45) is 7.63. The van der Waals surface area contributed by atoms with Crippen molar-refractivity contribution >= 4 is 15.9 Å². The smallest absolute Gasteiger partial charge is 0.255 e. The fourth-order valence-electron chi connectivity index (χ4n) is 4.95. The number of rotatable bonds is 8. The largest absolute Gasteiger partial charge is 0.496 e. The monoisotopic (exact) mass is 499 g/mol. The maximum atomic E-state index is 13.2. The van der Waals surface area contributed by atoms with Crippen molar-refractivity contribution in [1.29, 1.82) is 0 Å². The van der Waals surface area contributed by atoms with Gasteiger partial charge in [0.05, 0.1) is 17.6 Å². The fraction of sp³-hybridized carbons (Fsp3) is 0.519. The van der Waals surface area contributed by atoms with Gasteiger partial charge in [0.15, 0.2) is 0 Å². The van der Waals surface area contributed by atoms with E-state index in [2.05, 4.69) is 22.3 Å². The molecule has 0 saturated carbocycles. The SMILES string of the molecule is COc1ccc(S(=O)(=O)N2CCCCCC2)cc1C(=O)NCc1cccc(CN2CCCCC2)c1. The Balaban J connectivity index is 1.45. The molecule has 35 heavy (non-hydrogen) atoms. The lowest BCUT2D eigenvalue weighted by Gasteiger charge is -2.26. The van der Waals surface area contributed by atoms with Crippen LogP contribution in [0.25, 0.3) is 0 Å². The Kier molecular flexibility index (Phi) is 8.81. The number of sulfonamides is 1. The first-order chi connectivity index (χ1) is 17.0. The first-order valence-corrected chi connectivity index (χ1v) is 14.2. The van der Waals surface area contributed by atoms with E-state index in [4.69, 9.17) is 4.74 Å². The van der Waals surface area contributed by atoms with E-state index >= 15 is 0 Å². The van der Waals surface area contributed by atoms with Gasteiger partial charge in [0, 0.05) is 26.2 Å². The standard InChI is InChI=1S/C27H37N3O4S/c1-34-26-13-12-24(35(32,33)30-16-7-2-3-8-17-30)19-25(26)27(31)28-20-22-10-9-11-23(18-22)21-29-14-5-4-6-15-29/h9-13,18-19H,2-8,14-17,20-21H2,1H3,(H,28,31). The van der Waals surface area contributed by atoms with E-state index in [-0.39, 0.29) is 16.4 Å². The molecule has 2 aromatic carbocycles. The molecular formula is C27H37N3O4S. The van der Waals surface area contributed by atoms with Crippen molar-refractivity contribution in [2.45, 2.75) is 62.9 Å². The van der Waals surface area contributed by atoms with Gasteiger partial charge < -0.3 is 10.1 Å². The Morgan fingerprint density at radius 2 is 1.54 bits per heavy atom. The van der Waals surface area contributed by atoms with E-state index in [1.165, 1.54) is 48.4 Å². The van der Waals surface area contributed by atoms with Crippen LogP contribution in [0.4, 0.5) is 0 Å². The second kappa shape index (κ2) is 12.0. The minimum atomic E-state index is -3.66. The van der Waals surface area contributed by atoms with E-state index in [0.717, 1.165) is 50.9 Å². The molecule has 2 aromatic rings. The van der Waals surface area contributed by atoms with Gasteiger partial charge >= 0.3 is 0 Å². The summed E-state index contributed by atoms with van der Waals surface area (Å²) < 4.78 is 33.4. The third kappa shape index (κ3) is 6.63. The van der Waals surface area contributed by atoms with Gasteiger partial charge in [-0.25, -0.2) is 8.42 Å². The average molecular weight is 500 g/mol. The van der Waals surface area contributed by atoms with Gasteiger partial charge in [-0.15, -0.1) is 0 Å². The van der Waals surface area contributed by atoms with Gasteiger partial charge in [0.25, 0.3) is 5.91 Å². The normalized spacial score (nSPS) is 18.1. The van der Waals surface area contributed by atoms with E-state index in [1.807, 2.05) is 12.1 Å². The molecule has 190 valence electrons. The molecular weight excluding hydrogens is 462 g/mol. The summed E-state index contributed by atoms with van der Waals surface area (Å²) in [5, 5.41) is 2.95. The minimum absolute atomic E-state index is 0.133. The number of ether oxygens (including phenoxy) is 1. The van der Waals surface area contributed by atoms with Crippen LogP contribution in [0.1, 0.15) is 66.4 Å². The van der Waals surface area contributed by atoms with E-state index in [1.54, 1.807) is 6.07 Å². The number of nitrogens with zero attached hydrogens (tertiary/aromatic N) is 2. The first kappa shape index (κ1) is 25.7. The molecule has 0 unspecified atom stereocenters. The molecule has 2 aliphatic heterocycles. The van der Waals surface area contributed by atoms with Crippen molar-refractivity contribution in [2.24, 2.45) is 0 Å². The van der Waals surface area contributed by atoms with E-state index in [9.17, 15) is 13.2 Å². The molecule has 0 aromatic heterocycles. The predicted molar refractivity (Wildman–Crippen MR) is 137 cm³/mol. The number of carbonyl (C=O) groups is 1. The summed E-state index contributed by atoms with van der Waals surface area (Å²) in [4.78, 5) is 15.7. The predicted octanol–water partition coefficient (Wildman–Crippen LogP) is 4.18. The molecule has 0 atom stereocenters. The average Bonchev–Trinajstić information content (AvgIpc) is 3.18. The number of piperidine rings is 1. The summed E-state index contributed by atoms with van der Waals surface area (Å²) in [6, 6.07) is 12.8. The number of hydrogen-bond acceptors (Lipinski definition) is 5. The van der Waals surface area contributed by atoms with Crippen LogP contribution in [-0.4, -0.2) is 56.8 Å². The highest BCUT2D eigenvalue weighted by Gasteiger charge is 2.27. The third-order valence-electron chi connectivity index (χ3n) is 6.92. The number of methoxy groups -OCH3 is 1. The quantitative estimate of drug-likeness (QED) is 0.590. The molecule has 1 amide bonds. The highest BCUT2D eigenvalue weighted by Crippen LogP contribution is 2.26. The Morgan fingerprint density at radius 3 is 2.26 bits per heavy atom. The Labute approximate surface area is 209 Å². The molecule has 2 fully saturated rings. The molecule has 2 saturated heterocycles. The number of likely N-dealkylation sites (tertiary alicyclic amines) is 1. The molecule has 0 radical (unpaired) electrons. The molecule has 8 heteroatoms. The molecule has 0 aliphatic carbocycles. The molecule has 2 aliphatic rings. The highest BCUT2D eigenvalue weighted by atomic mass is 32.2. The number of nitrogens with one attached hydrogen (secondary N) is 1. The van der Waals surface area contributed by atoms with Gasteiger partial charge in [0.2, 0.25) is 10.0 Å². The fourth-order valence-corrected chi connectivity index (χ4v) is 6.49. The molecule has 0 spiro atoms. The number of carbonyl (C=O) groups excluding carboxylic acids is 1. The van der Waals surface area contributed by atoms with Gasteiger partial charge in [-0.3, -0.25) is 9.69 Å². The van der Waals surface area contributed by atoms with Gasteiger partial charge in [-0.1, -0.05) is 43.5 Å². The van der Waals surface area contributed by atoms with Crippen LogP contribution in [0.3, 0.4) is 0 Å². The van der Waals surface area contributed by atoms with Crippen molar-refractivity contribution in [3.8, 4) is 5.75 Å². The lowest BCUT2D eigenvalue weighted by Crippen LogP contribution is -2.32. The van der Waals surface area contributed by atoms with Crippen molar-refractivity contribution in [3.05, 3.63) is 59.2 Å². The van der Waals surface area contributed by atoms with Gasteiger partial charge in [0.1, 0.15) is 5.75 Å². The third-order valence-corrected chi connectivity index (χ3v) is 8.81. The van der Waals surface area contributed by atoms with E-state index in [0.29, 0.717) is 25.4 Å². The second-order valence-electron chi connectivity index (χ2n) is 9.52. The number of benzene rings is 2. The van der Waals surface area contributed by atoms with Crippen molar-refractivity contribution in [1.82, 2.24) is 14.5 Å². The molecule has 7 nitrogen and oxygen atoms in total. The Bertz CT molecular complexity index is 1110. The van der Waals surface area contributed by atoms with Crippen LogP contribution < -0.4 is 10.1 Å². The summed E-state index contributed by atoms with van der Waals surface area (Å²) in [5.74, 6) is 0.00682. The molecule has 4 rings (SSSR count). The summed E-state index contributed by atoms with van der Waals surface area (Å²) >= 11 is 0. The zero-order valence-corrected chi connectivity index (χ0v) is 21.5. The van der Waals surface area contributed by atoms with Gasteiger partial charge in [-0.05, 0) is 68.1 Å². The van der Waals surface area contributed by atoms with Crippen molar-refractivity contribution in [3.63, 3.8) is 0 Å². The zero-order chi connectivity index (χ0) is 24.7. The Morgan fingerprint density at radius 1 is 0.886 bits per heavy atom. The molecule has 0 bridgehead atoms. The van der Waals surface area contributed by atoms with Gasteiger partial charge in [-0.2, -0.15) is 4.31 Å². The van der Waals surface area contributed by atoms with Crippen LogP contribution >= 0.6 is 0 Å². The maximum absolute atomic E-state index is 13.2. The van der Waals surface area contributed by atoms with Crippen molar-refractivity contribution in [2.75, 3.05) is 33.3 Å². The van der Waals surface area contributed by atoms with Crippen LogP contribution in [0.2, 0.25) is 0 Å². The van der Waals surface area contributed by atoms with Crippen LogP contribution in [0.15, 0.2) is 47.4 Å². The topological polar surface area (TPSA) is 79.0 Å². The van der Waals surface area contributed by atoms with Crippen LogP contribution in [-0.2, 0) is 23.1 Å². The van der Waals surface area contributed by atoms with Crippen LogP contribution in [0.5, 0.6) is 5.75 Å². The summed E-state index contributed by atoms with van der Waals surface area (Å²) in [7, 11) is -2.17. The molecule has 1 N–H and O–H groups in total. The number of amides is 1. The number of hydrogen-bond donors (Lipinski definition) is 1. The molecule has 2 heterocycles. The lowest BCUT2D eigenvalue weighted by molar-refractivity contribution is 0.0947.